The van der Waals surface area contributed by atoms with Crippen LogP contribution in [0.4, 0.5) is 0 Å². The van der Waals surface area contributed by atoms with Crippen molar-refractivity contribution in [3.05, 3.63) is 30.1 Å². The van der Waals surface area contributed by atoms with Gasteiger partial charge in [0.1, 0.15) is 5.82 Å². The third-order valence-corrected chi connectivity index (χ3v) is 4.17. The van der Waals surface area contributed by atoms with Gasteiger partial charge < -0.3 is 9.88 Å². The van der Waals surface area contributed by atoms with E-state index in [0.717, 1.165) is 31.3 Å². The molecule has 0 aliphatic heterocycles. The van der Waals surface area contributed by atoms with Crippen LogP contribution in [-0.4, -0.2) is 22.6 Å². The molecule has 0 amide bonds. The Labute approximate surface area is 128 Å². The summed E-state index contributed by atoms with van der Waals surface area (Å²) in [6.07, 6.45) is 3.31. The van der Waals surface area contributed by atoms with Crippen molar-refractivity contribution < 1.29 is 0 Å². The zero-order valence-corrected chi connectivity index (χ0v) is 14.1. The Kier molecular flexibility index (Phi) is 5.04. The quantitative estimate of drug-likeness (QED) is 0.833. The molecular weight excluding hydrogens is 258 g/mol. The minimum Gasteiger partial charge on any atom is -0.328 e. The Hall–Kier alpha value is -1.35. The summed E-state index contributed by atoms with van der Waals surface area (Å²) in [4.78, 5) is 4.89. The van der Waals surface area contributed by atoms with Crippen molar-refractivity contribution in [2.45, 2.75) is 59.5 Å². The van der Waals surface area contributed by atoms with Crippen LogP contribution >= 0.6 is 0 Å². The predicted molar refractivity (Wildman–Crippen MR) is 90.6 cm³/mol. The summed E-state index contributed by atoms with van der Waals surface area (Å²) >= 11 is 0. The van der Waals surface area contributed by atoms with E-state index in [9.17, 15) is 0 Å². The van der Waals surface area contributed by atoms with E-state index in [1.807, 2.05) is 7.05 Å². The predicted octanol–water partition coefficient (Wildman–Crippen LogP) is 4.01. The summed E-state index contributed by atoms with van der Waals surface area (Å²) in [6.45, 7) is 10.2. The second-order valence-electron chi connectivity index (χ2n) is 6.90. The smallest absolute Gasteiger partial charge is 0.110 e. The molecule has 0 fully saturated rings. The second kappa shape index (κ2) is 6.61. The van der Waals surface area contributed by atoms with Crippen LogP contribution in [-0.2, 0) is 13.0 Å². The molecule has 1 N–H and O–H groups in total. The van der Waals surface area contributed by atoms with Crippen LogP contribution in [0.25, 0.3) is 11.0 Å². The number of nitrogens with zero attached hydrogens (tertiary/aromatic N) is 2. The Morgan fingerprint density at radius 1 is 1.29 bits per heavy atom. The number of para-hydroxylation sites is 2. The second-order valence-corrected chi connectivity index (χ2v) is 6.90. The third kappa shape index (κ3) is 3.85. The van der Waals surface area contributed by atoms with Crippen molar-refractivity contribution in [1.82, 2.24) is 14.9 Å². The molecule has 116 valence electrons. The first-order chi connectivity index (χ1) is 9.96. The molecule has 1 unspecified atom stereocenters. The molecule has 0 aliphatic rings. The molecule has 2 rings (SSSR count). The SMILES string of the molecule is CCCn1c(CC(C)(C)CC(C)NC)nc2ccccc21. The van der Waals surface area contributed by atoms with Crippen LogP contribution < -0.4 is 5.32 Å². The Morgan fingerprint density at radius 3 is 2.67 bits per heavy atom. The number of benzene rings is 1. The van der Waals surface area contributed by atoms with Crippen molar-refractivity contribution in [1.29, 1.82) is 0 Å². The highest BCUT2D eigenvalue weighted by molar-refractivity contribution is 5.75. The van der Waals surface area contributed by atoms with Gasteiger partial charge >= 0.3 is 0 Å². The topological polar surface area (TPSA) is 29.9 Å². The Bertz CT molecular complexity index is 583. The molecule has 0 aliphatic carbocycles. The molecule has 1 aromatic carbocycles. The highest BCUT2D eigenvalue weighted by atomic mass is 15.1. The number of fused-ring (bicyclic) bond motifs is 1. The number of hydrogen-bond acceptors (Lipinski definition) is 2. The molecule has 0 bridgehead atoms. The van der Waals surface area contributed by atoms with E-state index in [-0.39, 0.29) is 5.41 Å². The van der Waals surface area contributed by atoms with Gasteiger partial charge in [0.2, 0.25) is 0 Å². The maximum atomic E-state index is 4.89. The number of aromatic nitrogens is 2. The van der Waals surface area contributed by atoms with Crippen LogP contribution in [0.5, 0.6) is 0 Å². The highest BCUT2D eigenvalue weighted by Gasteiger charge is 2.24. The average Bonchev–Trinajstić information content (AvgIpc) is 2.76. The maximum Gasteiger partial charge on any atom is 0.110 e. The largest absolute Gasteiger partial charge is 0.328 e. The Morgan fingerprint density at radius 2 is 2.00 bits per heavy atom. The minimum absolute atomic E-state index is 0.245. The van der Waals surface area contributed by atoms with Gasteiger partial charge in [-0.05, 0) is 44.4 Å². The molecule has 0 spiro atoms. The van der Waals surface area contributed by atoms with Crippen LogP contribution in [0, 0.1) is 5.41 Å². The summed E-state index contributed by atoms with van der Waals surface area (Å²) in [5.41, 5.74) is 2.64. The van der Waals surface area contributed by atoms with Gasteiger partial charge in [0.05, 0.1) is 11.0 Å². The summed E-state index contributed by atoms with van der Waals surface area (Å²) in [5.74, 6) is 1.23. The molecule has 0 saturated heterocycles. The molecular formula is C18H29N3. The summed E-state index contributed by atoms with van der Waals surface area (Å²) < 4.78 is 2.40. The molecule has 3 heteroatoms. The lowest BCUT2D eigenvalue weighted by atomic mass is 9.82. The molecule has 0 radical (unpaired) electrons. The van der Waals surface area contributed by atoms with E-state index in [2.05, 4.69) is 61.8 Å². The molecule has 1 aromatic heterocycles. The summed E-state index contributed by atoms with van der Waals surface area (Å²) in [7, 11) is 2.03. The fourth-order valence-corrected chi connectivity index (χ4v) is 3.16. The van der Waals surface area contributed by atoms with E-state index in [4.69, 9.17) is 4.98 Å². The first kappa shape index (κ1) is 16.0. The Balaban J connectivity index is 2.30. The normalized spacial score (nSPS) is 13.8. The van der Waals surface area contributed by atoms with Crippen LogP contribution in [0.3, 0.4) is 0 Å². The van der Waals surface area contributed by atoms with Gasteiger partial charge in [0.25, 0.3) is 0 Å². The van der Waals surface area contributed by atoms with E-state index in [1.54, 1.807) is 0 Å². The first-order valence-electron chi connectivity index (χ1n) is 8.08. The van der Waals surface area contributed by atoms with Gasteiger partial charge in [-0.1, -0.05) is 32.9 Å². The number of rotatable bonds is 7. The number of aryl methyl sites for hydroxylation is 1. The van der Waals surface area contributed by atoms with Crippen molar-refractivity contribution >= 4 is 11.0 Å². The van der Waals surface area contributed by atoms with E-state index < -0.39 is 0 Å². The minimum atomic E-state index is 0.245. The van der Waals surface area contributed by atoms with Crippen molar-refractivity contribution in [2.75, 3.05) is 7.05 Å². The van der Waals surface area contributed by atoms with Gasteiger partial charge in [-0.3, -0.25) is 0 Å². The van der Waals surface area contributed by atoms with Crippen LogP contribution in [0.2, 0.25) is 0 Å². The first-order valence-corrected chi connectivity index (χ1v) is 8.08. The average molecular weight is 287 g/mol. The van der Waals surface area contributed by atoms with Gasteiger partial charge in [-0.15, -0.1) is 0 Å². The zero-order chi connectivity index (χ0) is 15.5. The van der Waals surface area contributed by atoms with E-state index in [0.29, 0.717) is 6.04 Å². The van der Waals surface area contributed by atoms with Gasteiger partial charge in [0, 0.05) is 19.0 Å². The van der Waals surface area contributed by atoms with Crippen molar-refractivity contribution in [3.63, 3.8) is 0 Å². The summed E-state index contributed by atoms with van der Waals surface area (Å²) in [5, 5.41) is 3.35. The number of nitrogens with one attached hydrogen (secondary N) is 1. The molecule has 21 heavy (non-hydrogen) atoms. The van der Waals surface area contributed by atoms with Gasteiger partial charge in [0.15, 0.2) is 0 Å². The highest BCUT2D eigenvalue weighted by Crippen LogP contribution is 2.29. The zero-order valence-electron chi connectivity index (χ0n) is 14.1. The monoisotopic (exact) mass is 287 g/mol. The van der Waals surface area contributed by atoms with Crippen LogP contribution in [0.15, 0.2) is 24.3 Å². The van der Waals surface area contributed by atoms with Crippen molar-refractivity contribution in [3.8, 4) is 0 Å². The summed E-state index contributed by atoms with van der Waals surface area (Å²) in [6, 6.07) is 9.01. The van der Waals surface area contributed by atoms with Gasteiger partial charge in [-0.25, -0.2) is 4.98 Å². The van der Waals surface area contributed by atoms with Crippen molar-refractivity contribution in [2.24, 2.45) is 5.41 Å². The lowest BCUT2D eigenvalue weighted by Crippen LogP contribution is -2.30. The molecule has 3 nitrogen and oxygen atoms in total. The fraction of sp³-hybridized carbons (Fsp3) is 0.611. The van der Waals surface area contributed by atoms with E-state index in [1.165, 1.54) is 11.3 Å². The number of hydrogen-bond donors (Lipinski definition) is 1. The molecule has 1 atom stereocenters. The molecule has 0 saturated carbocycles. The van der Waals surface area contributed by atoms with Crippen LogP contribution in [0.1, 0.15) is 46.4 Å². The lowest BCUT2D eigenvalue weighted by Gasteiger charge is -2.28. The standard InChI is InChI=1S/C18H29N3/c1-6-11-21-16-10-8-7-9-15(16)20-17(21)13-18(3,4)12-14(2)19-5/h7-10,14,19H,6,11-13H2,1-5H3. The number of imidazole rings is 1. The van der Waals surface area contributed by atoms with E-state index >= 15 is 0 Å². The third-order valence-electron chi connectivity index (χ3n) is 4.17. The molecule has 2 aromatic rings. The van der Waals surface area contributed by atoms with Gasteiger partial charge in [-0.2, -0.15) is 0 Å². The lowest BCUT2D eigenvalue weighted by molar-refractivity contribution is 0.285. The molecule has 1 heterocycles. The maximum absolute atomic E-state index is 4.89. The fourth-order valence-electron chi connectivity index (χ4n) is 3.16.